The highest BCUT2D eigenvalue weighted by Gasteiger charge is 2.16. The molecule has 2 fully saturated rings. The molecule has 0 bridgehead atoms. The Labute approximate surface area is 205 Å². The number of imidazole rings is 1. The maximum Gasteiger partial charge on any atom is 0.267 e. The van der Waals surface area contributed by atoms with Crippen molar-refractivity contribution in [1.82, 2.24) is 15.0 Å². The van der Waals surface area contributed by atoms with E-state index in [0.717, 1.165) is 80.0 Å². The number of ether oxygens (including phenoxy) is 2. The van der Waals surface area contributed by atoms with Crippen LogP contribution < -0.4 is 10.4 Å². The zero-order valence-electron chi connectivity index (χ0n) is 20.1. The number of rotatable bonds is 7. The first-order valence-corrected chi connectivity index (χ1v) is 12.3. The highest BCUT2D eigenvalue weighted by molar-refractivity contribution is 5.90. The number of hydrogen-bond donors (Lipinski definition) is 1. The Morgan fingerprint density at radius 3 is 2.74 bits per heavy atom. The molecule has 1 N–H and O–H groups in total. The summed E-state index contributed by atoms with van der Waals surface area (Å²) in [5.41, 5.74) is 7.88. The molecule has 1 atom stereocenters. The van der Waals surface area contributed by atoms with Crippen LogP contribution in [0.4, 0.5) is 5.69 Å². The summed E-state index contributed by atoms with van der Waals surface area (Å²) >= 11 is 0. The van der Waals surface area contributed by atoms with E-state index < -0.39 is 0 Å². The molecule has 2 aromatic carbocycles. The minimum absolute atomic E-state index is 0.306. The fourth-order valence-electron chi connectivity index (χ4n) is 4.48. The van der Waals surface area contributed by atoms with E-state index in [9.17, 15) is 4.79 Å². The first-order valence-electron chi connectivity index (χ1n) is 12.3. The van der Waals surface area contributed by atoms with Crippen LogP contribution in [0, 0.1) is 0 Å². The molecule has 8 heteroatoms. The number of aryl methyl sites for hydroxylation is 1. The fourth-order valence-corrected chi connectivity index (χ4v) is 4.48. The minimum Gasteiger partial charge on any atom is -0.378 e. The SMILES string of the molecule is Cn1c(Cc2ccc(/C=C/C(=O)NOC3CCCCO3)cc2)nc2cc(N3CCOCC3)ccc21. The quantitative estimate of drug-likeness (QED) is 0.415. The Morgan fingerprint density at radius 2 is 1.97 bits per heavy atom. The van der Waals surface area contributed by atoms with Gasteiger partial charge in [0.1, 0.15) is 5.82 Å². The highest BCUT2D eigenvalue weighted by atomic mass is 16.8. The van der Waals surface area contributed by atoms with Crippen molar-refractivity contribution in [3.05, 3.63) is 65.5 Å². The highest BCUT2D eigenvalue weighted by Crippen LogP contribution is 2.24. The number of nitrogens with zero attached hydrogens (tertiary/aromatic N) is 3. The summed E-state index contributed by atoms with van der Waals surface area (Å²) in [7, 11) is 2.06. The second-order valence-electron chi connectivity index (χ2n) is 8.99. The molecule has 1 unspecified atom stereocenters. The molecule has 2 aliphatic heterocycles. The number of amides is 1. The molecule has 2 aliphatic rings. The van der Waals surface area contributed by atoms with Crippen LogP contribution in [0.15, 0.2) is 48.5 Å². The first-order chi connectivity index (χ1) is 17.2. The van der Waals surface area contributed by atoms with E-state index >= 15 is 0 Å². The van der Waals surface area contributed by atoms with E-state index in [1.807, 2.05) is 12.1 Å². The maximum absolute atomic E-state index is 12.0. The van der Waals surface area contributed by atoms with E-state index in [1.165, 1.54) is 11.8 Å². The van der Waals surface area contributed by atoms with Crippen molar-refractivity contribution >= 4 is 28.7 Å². The van der Waals surface area contributed by atoms with Gasteiger partial charge >= 0.3 is 0 Å². The van der Waals surface area contributed by atoms with Crippen molar-refractivity contribution in [2.75, 3.05) is 37.8 Å². The molecule has 0 aliphatic carbocycles. The lowest BCUT2D eigenvalue weighted by Crippen LogP contribution is -2.36. The summed E-state index contributed by atoms with van der Waals surface area (Å²) in [6.45, 7) is 4.03. The van der Waals surface area contributed by atoms with E-state index in [0.29, 0.717) is 6.61 Å². The summed E-state index contributed by atoms with van der Waals surface area (Å²) in [5, 5.41) is 0. The average molecular weight is 477 g/mol. The van der Waals surface area contributed by atoms with E-state index in [1.54, 1.807) is 6.08 Å². The van der Waals surface area contributed by atoms with Gasteiger partial charge < -0.3 is 18.9 Å². The summed E-state index contributed by atoms with van der Waals surface area (Å²) < 4.78 is 13.1. The monoisotopic (exact) mass is 476 g/mol. The smallest absolute Gasteiger partial charge is 0.267 e. The molecule has 2 saturated heterocycles. The second-order valence-corrected chi connectivity index (χ2v) is 8.99. The fraction of sp³-hybridized carbons (Fsp3) is 0.407. The van der Waals surface area contributed by atoms with Crippen molar-refractivity contribution in [3.8, 4) is 0 Å². The zero-order valence-corrected chi connectivity index (χ0v) is 20.1. The molecule has 1 aromatic heterocycles. The van der Waals surface area contributed by atoms with Crippen LogP contribution in [0.3, 0.4) is 0 Å². The van der Waals surface area contributed by atoms with Gasteiger partial charge in [-0.05, 0) is 48.2 Å². The van der Waals surface area contributed by atoms with Crippen LogP contribution in [0.25, 0.3) is 17.1 Å². The number of hydrogen-bond acceptors (Lipinski definition) is 6. The molecule has 0 saturated carbocycles. The van der Waals surface area contributed by atoms with Gasteiger partial charge in [0.25, 0.3) is 5.91 Å². The lowest BCUT2D eigenvalue weighted by Gasteiger charge is -2.28. The van der Waals surface area contributed by atoms with E-state index in [2.05, 4.69) is 52.3 Å². The average Bonchev–Trinajstić information content (AvgIpc) is 3.22. The Kier molecular flexibility index (Phi) is 7.42. The van der Waals surface area contributed by atoms with Gasteiger partial charge in [-0.25, -0.2) is 15.3 Å². The predicted molar refractivity (Wildman–Crippen MR) is 135 cm³/mol. The number of aromatic nitrogens is 2. The van der Waals surface area contributed by atoms with E-state index in [-0.39, 0.29) is 12.2 Å². The normalized spacial score (nSPS) is 18.9. The third kappa shape index (κ3) is 5.90. The number of nitrogens with one attached hydrogen (secondary N) is 1. The topological polar surface area (TPSA) is 77.9 Å². The Bertz CT molecular complexity index is 1180. The molecular formula is C27H32N4O4. The number of carbonyl (C=O) groups is 1. The van der Waals surface area contributed by atoms with Crippen LogP contribution in [0.1, 0.15) is 36.2 Å². The van der Waals surface area contributed by atoms with Crippen molar-refractivity contribution in [2.45, 2.75) is 32.0 Å². The summed E-state index contributed by atoms with van der Waals surface area (Å²) in [6, 6.07) is 14.6. The largest absolute Gasteiger partial charge is 0.378 e. The first kappa shape index (κ1) is 23.5. The van der Waals surface area contributed by atoms with Gasteiger partial charge in [-0.3, -0.25) is 4.79 Å². The van der Waals surface area contributed by atoms with Crippen LogP contribution >= 0.6 is 0 Å². The molecule has 1 amide bonds. The van der Waals surface area contributed by atoms with Crippen LogP contribution in [0.2, 0.25) is 0 Å². The molecule has 35 heavy (non-hydrogen) atoms. The van der Waals surface area contributed by atoms with Crippen molar-refractivity contribution in [3.63, 3.8) is 0 Å². The lowest BCUT2D eigenvalue weighted by atomic mass is 10.1. The van der Waals surface area contributed by atoms with Crippen LogP contribution in [-0.2, 0) is 32.6 Å². The van der Waals surface area contributed by atoms with Crippen LogP contribution in [0.5, 0.6) is 0 Å². The number of morpholine rings is 1. The second kappa shape index (κ2) is 11.0. The summed E-state index contributed by atoms with van der Waals surface area (Å²) in [4.78, 5) is 24.6. The number of benzene rings is 2. The molecule has 0 spiro atoms. The Hall–Kier alpha value is -3.20. The number of hydroxylamine groups is 1. The van der Waals surface area contributed by atoms with Gasteiger partial charge in [0, 0.05) is 51.3 Å². The minimum atomic E-state index is -0.353. The molecule has 8 nitrogen and oxygen atoms in total. The van der Waals surface area contributed by atoms with Gasteiger partial charge in [-0.15, -0.1) is 0 Å². The zero-order chi connectivity index (χ0) is 24.0. The lowest BCUT2D eigenvalue weighted by molar-refractivity contribution is -0.198. The number of anilines is 1. The Balaban J connectivity index is 1.19. The molecule has 5 rings (SSSR count). The number of fused-ring (bicyclic) bond motifs is 1. The van der Waals surface area contributed by atoms with Gasteiger partial charge in [-0.1, -0.05) is 24.3 Å². The molecule has 184 valence electrons. The predicted octanol–water partition coefficient (Wildman–Crippen LogP) is 3.59. The van der Waals surface area contributed by atoms with E-state index in [4.69, 9.17) is 19.3 Å². The van der Waals surface area contributed by atoms with Gasteiger partial charge in [0.2, 0.25) is 0 Å². The molecule has 3 aromatic rings. The molecule has 3 heterocycles. The maximum atomic E-state index is 12.0. The molecule has 0 radical (unpaired) electrons. The van der Waals surface area contributed by atoms with Crippen molar-refractivity contribution < 1.29 is 19.1 Å². The van der Waals surface area contributed by atoms with Gasteiger partial charge in [0.05, 0.1) is 24.2 Å². The van der Waals surface area contributed by atoms with Gasteiger partial charge in [-0.2, -0.15) is 0 Å². The third-order valence-electron chi connectivity index (χ3n) is 6.53. The van der Waals surface area contributed by atoms with Gasteiger partial charge in [0.15, 0.2) is 6.29 Å². The number of carbonyl (C=O) groups excluding carboxylic acids is 1. The van der Waals surface area contributed by atoms with Crippen LogP contribution in [-0.4, -0.2) is 54.7 Å². The van der Waals surface area contributed by atoms with Crippen molar-refractivity contribution in [2.24, 2.45) is 7.05 Å². The third-order valence-corrected chi connectivity index (χ3v) is 6.53. The standard InChI is InChI=1S/C27H32N4O4/c1-30-24-11-10-22(31-13-16-33-17-14-31)19-23(24)28-25(30)18-21-7-5-20(6-8-21)9-12-26(32)29-35-27-4-2-3-15-34-27/h5-12,19,27H,2-4,13-18H2,1H3,(H,29,32)/b12-9+. The molecular weight excluding hydrogens is 444 g/mol. The summed E-state index contributed by atoms with van der Waals surface area (Å²) in [5.74, 6) is 0.711. The Morgan fingerprint density at radius 1 is 1.14 bits per heavy atom. The van der Waals surface area contributed by atoms with Crippen molar-refractivity contribution in [1.29, 1.82) is 0 Å². The summed E-state index contributed by atoms with van der Waals surface area (Å²) in [6.07, 6.45) is 6.50.